The minimum absolute atomic E-state index is 0.164. The monoisotopic (exact) mass is 268 g/mol. The number of aliphatic hydroxyl groups is 1. The van der Waals surface area contributed by atoms with Crippen LogP contribution in [0.4, 0.5) is 0 Å². The molecule has 0 aromatic carbocycles. The number of rotatable bonds is 2. The third-order valence-corrected chi connectivity index (χ3v) is 6.52. The van der Waals surface area contributed by atoms with E-state index < -0.39 is 5.79 Å². The topological polar surface area (TPSA) is 29.5 Å². The van der Waals surface area contributed by atoms with Gasteiger partial charge in [-0.25, -0.2) is 0 Å². The molecule has 19 heavy (non-hydrogen) atoms. The molecule has 0 spiro atoms. The van der Waals surface area contributed by atoms with Crippen molar-refractivity contribution in [2.75, 3.05) is 0 Å². The highest BCUT2D eigenvalue weighted by molar-refractivity contribution is 5.07. The van der Waals surface area contributed by atoms with E-state index in [9.17, 15) is 5.11 Å². The summed E-state index contributed by atoms with van der Waals surface area (Å²) in [6, 6.07) is 0. The smallest absolute Gasteiger partial charge is 0.160 e. The molecule has 1 unspecified atom stereocenters. The fraction of sp³-hybridized carbons (Fsp3) is 1.00. The lowest BCUT2D eigenvalue weighted by Crippen LogP contribution is -2.54. The first-order valence-electron chi connectivity index (χ1n) is 7.88. The summed E-state index contributed by atoms with van der Waals surface area (Å²) in [5.41, 5.74) is 0.652. The average molecular weight is 268 g/mol. The first-order valence-corrected chi connectivity index (χ1v) is 7.88. The molecule has 0 radical (unpaired) electrons. The van der Waals surface area contributed by atoms with E-state index in [2.05, 4.69) is 34.6 Å². The van der Waals surface area contributed by atoms with Crippen molar-refractivity contribution in [1.82, 2.24) is 0 Å². The molecule has 0 aromatic heterocycles. The Kier molecular flexibility index (Phi) is 3.59. The van der Waals surface area contributed by atoms with E-state index in [1.165, 1.54) is 12.8 Å². The van der Waals surface area contributed by atoms with Gasteiger partial charge in [0.05, 0.1) is 6.10 Å². The number of fused-ring (bicyclic) bond motifs is 1. The molecule has 0 bridgehead atoms. The molecule has 0 aliphatic heterocycles. The van der Waals surface area contributed by atoms with Crippen LogP contribution in [0.5, 0.6) is 0 Å². The van der Waals surface area contributed by atoms with Gasteiger partial charge in [-0.3, -0.25) is 0 Å². The summed E-state index contributed by atoms with van der Waals surface area (Å²) in [4.78, 5) is 0. The summed E-state index contributed by atoms with van der Waals surface area (Å²) in [5.74, 6) is 1.01. The lowest BCUT2D eigenvalue weighted by molar-refractivity contribution is -0.250. The van der Waals surface area contributed by atoms with Gasteiger partial charge in [-0.05, 0) is 61.7 Å². The van der Waals surface area contributed by atoms with Crippen molar-refractivity contribution in [1.29, 1.82) is 0 Å². The maximum atomic E-state index is 10.0. The maximum Gasteiger partial charge on any atom is 0.160 e. The highest BCUT2D eigenvalue weighted by Gasteiger charge is 2.58. The van der Waals surface area contributed by atoms with Crippen LogP contribution < -0.4 is 0 Å². The molecular weight excluding hydrogens is 236 g/mol. The zero-order chi connectivity index (χ0) is 14.6. The number of hydrogen-bond donors (Lipinski definition) is 1. The quantitative estimate of drug-likeness (QED) is 0.760. The Morgan fingerprint density at radius 3 is 2.21 bits per heavy atom. The van der Waals surface area contributed by atoms with Crippen LogP contribution in [0, 0.1) is 28.6 Å². The van der Waals surface area contributed by atoms with Gasteiger partial charge in [0, 0.05) is 0 Å². The minimum atomic E-state index is -1.03. The number of ether oxygens (including phenoxy) is 1. The van der Waals surface area contributed by atoms with E-state index in [0.29, 0.717) is 11.3 Å². The summed E-state index contributed by atoms with van der Waals surface area (Å²) >= 11 is 0. The van der Waals surface area contributed by atoms with E-state index >= 15 is 0 Å². The maximum absolute atomic E-state index is 10.0. The molecule has 5 atom stereocenters. The van der Waals surface area contributed by atoms with Crippen LogP contribution in [0.2, 0.25) is 0 Å². The van der Waals surface area contributed by atoms with E-state index in [0.717, 1.165) is 18.3 Å². The molecular formula is C17H32O2. The van der Waals surface area contributed by atoms with Crippen LogP contribution in [-0.4, -0.2) is 17.0 Å². The first-order chi connectivity index (χ1) is 8.48. The second kappa shape index (κ2) is 4.46. The van der Waals surface area contributed by atoms with Gasteiger partial charge in [0.15, 0.2) is 5.79 Å². The third-order valence-electron chi connectivity index (χ3n) is 6.52. The van der Waals surface area contributed by atoms with Crippen molar-refractivity contribution in [3.63, 3.8) is 0 Å². The van der Waals surface area contributed by atoms with Crippen LogP contribution in [0.1, 0.15) is 67.7 Å². The summed E-state index contributed by atoms with van der Waals surface area (Å²) in [7, 11) is 0. The SMILES string of the molecule is CC1[C@@H](OC(C)(C)O)C[C@]2(C)[C@H](C)CC[C@H]2C1(C)C. The predicted molar refractivity (Wildman–Crippen MR) is 78.7 cm³/mol. The molecule has 2 saturated carbocycles. The molecule has 2 fully saturated rings. The molecule has 2 rings (SSSR count). The lowest BCUT2D eigenvalue weighted by atomic mass is 9.51. The van der Waals surface area contributed by atoms with Crippen LogP contribution in [0.25, 0.3) is 0 Å². The molecule has 0 aromatic rings. The van der Waals surface area contributed by atoms with E-state index in [1.54, 1.807) is 13.8 Å². The molecule has 2 aliphatic carbocycles. The van der Waals surface area contributed by atoms with Crippen molar-refractivity contribution in [3.8, 4) is 0 Å². The molecule has 0 saturated heterocycles. The third kappa shape index (κ3) is 2.47. The first kappa shape index (κ1) is 15.3. The van der Waals surface area contributed by atoms with Crippen molar-refractivity contribution < 1.29 is 9.84 Å². The summed E-state index contributed by atoms with van der Waals surface area (Å²) in [5, 5.41) is 10.0. The van der Waals surface area contributed by atoms with E-state index in [-0.39, 0.29) is 11.5 Å². The standard InChI is InChI=1S/C17H32O2/c1-11-8-9-14-15(3,4)12(2)13(10-17(11,14)7)19-16(5,6)18/h11-14,18H,8-10H2,1-7H3/t11-,12?,13+,14+,17-/m1/s1. The van der Waals surface area contributed by atoms with Gasteiger partial charge in [0.1, 0.15) is 0 Å². The minimum Gasteiger partial charge on any atom is -0.366 e. The van der Waals surface area contributed by atoms with Crippen molar-refractivity contribution in [3.05, 3.63) is 0 Å². The Hall–Kier alpha value is -0.0800. The largest absolute Gasteiger partial charge is 0.366 e. The van der Waals surface area contributed by atoms with Gasteiger partial charge in [-0.15, -0.1) is 0 Å². The van der Waals surface area contributed by atoms with Crippen LogP contribution in [-0.2, 0) is 4.74 Å². The second-order valence-corrected chi connectivity index (χ2v) is 8.45. The average Bonchev–Trinajstić information content (AvgIpc) is 2.51. The van der Waals surface area contributed by atoms with E-state index in [4.69, 9.17) is 4.74 Å². The number of hydrogen-bond acceptors (Lipinski definition) is 2. The van der Waals surface area contributed by atoms with Crippen molar-refractivity contribution >= 4 is 0 Å². The van der Waals surface area contributed by atoms with Crippen LogP contribution >= 0.6 is 0 Å². The molecule has 1 N–H and O–H groups in total. The molecule has 112 valence electrons. The highest BCUT2D eigenvalue weighted by Crippen LogP contribution is 2.63. The van der Waals surface area contributed by atoms with Gasteiger partial charge in [0.25, 0.3) is 0 Å². The summed E-state index contributed by atoms with van der Waals surface area (Å²) < 4.78 is 6.00. The fourth-order valence-electron chi connectivity index (χ4n) is 4.91. The summed E-state index contributed by atoms with van der Waals surface area (Å²) in [6.07, 6.45) is 3.95. The van der Waals surface area contributed by atoms with Gasteiger partial charge in [-0.2, -0.15) is 0 Å². The fourth-order valence-corrected chi connectivity index (χ4v) is 4.91. The van der Waals surface area contributed by atoms with Gasteiger partial charge >= 0.3 is 0 Å². The molecule has 2 heteroatoms. The van der Waals surface area contributed by atoms with Gasteiger partial charge < -0.3 is 9.84 Å². The Morgan fingerprint density at radius 2 is 1.68 bits per heavy atom. The molecule has 2 nitrogen and oxygen atoms in total. The van der Waals surface area contributed by atoms with Crippen LogP contribution in [0.15, 0.2) is 0 Å². The van der Waals surface area contributed by atoms with Gasteiger partial charge in [-0.1, -0.05) is 34.6 Å². The van der Waals surface area contributed by atoms with Crippen molar-refractivity contribution in [2.45, 2.75) is 79.6 Å². The Bertz CT molecular complexity index is 342. The molecule has 0 amide bonds. The zero-order valence-electron chi connectivity index (χ0n) is 13.8. The van der Waals surface area contributed by atoms with E-state index in [1.807, 2.05) is 0 Å². The molecule has 0 heterocycles. The Labute approximate surface area is 118 Å². The predicted octanol–water partition coefficient (Wildman–Crippen LogP) is 4.22. The van der Waals surface area contributed by atoms with Crippen molar-refractivity contribution in [2.24, 2.45) is 28.6 Å². The summed E-state index contributed by atoms with van der Waals surface area (Å²) in [6.45, 7) is 15.4. The Morgan fingerprint density at radius 1 is 1.11 bits per heavy atom. The Balaban J connectivity index is 2.30. The van der Waals surface area contributed by atoms with Gasteiger partial charge in [0.2, 0.25) is 0 Å². The highest BCUT2D eigenvalue weighted by atomic mass is 16.6. The second-order valence-electron chi connectivity index (χ2n) is 8.45. The lowest BCUT2D eigenvalue weighted by Gasteiger charge is -2.56. The molecule has 2 aliphatic rings. The normalized spacial score (nSPS) is 46.1. The zero-order valence-corrected chi connectivity index (χ0v) is 13.8. The van der Waals surface area contributed by atoms with Crippen LogP contribution in [0.3, 0.4) is 0 Å².